The van der Waals surface area contributed by atoms with Gasteiger partial charge < -0.3 is 10.0 Å². The summed E-state index contributed by atoms with van der Waals surface area (Å²) in [6.07, 6.45) is 6.35. The average Bonchev–Trinajstić information content (AvgIpc) is 3.16. The first-order valence-corrected chi connectivity index (χ1v) is 7.76. The summed E-state index contributed by atoms with van der Waals surface area (Å²) >= 11 is 0. The highest BCUT2D eigenvalue weighted by molar-refractivity contribution is 5.93. The van der Waals surface area contributed by atoms with E-state index < -0.39 is 11.4 Å². The smallest absolute Gasteiger partial charge is 0.256 e. The first-order valence-electron chi connectivity index (χ1n) is 7.76. The van der Waals surface area contributed by atoms with Gasteiger partial charge in [-0.2, -0.15) is 5.10 Å². The minimum atomic E-state index is -0.786. The first kappa shape index (κ1) is 15.7. The van der Waals surface area contributed by atoms with E-state index in [2.05, 4.69) is 5.10 Å². The lowest BCUT2D eigenvalue weighted by molar-refractivity contribution is 0.0157. The Bertz CT molecular complexity index is 707. The highest BCUT2D eigenvalue weighted by atomic mass is 19.1. The maximum Gasteiger partial charge on any atom is 0.256 e. The van der Waals surface area contributed by atoms with E-state index in [0.717, 1.165) is 25.7 Å². The van der Waals surface area contributed by atoms with E-state index in [-0.39, 0.29) is 5.91 Å². The maximum absolute atomic E-state index is 13.8. The largest absolute Gasteiger partial charge is 0.388 e. The molecule has 6 heteroatoms. The van der Waals surface area contributed by atoms with Gasteiger partial charge in [0.05, 0.1) is 17.4 Å². The second kappa shape index (κ2) is 6.12. The molecule has 3 rings (SSSR count). The lowest BCUT2D eigenvalue weighted by atomic mass is 10.0. The standard InChI is InChI=1S/C17H20FN3O2/c1-20(12-17(23)8-4-5-9-17)16(22)13-10-19-21(11-13)15-7-3-2-6-14(15)18/h2-3,6-7,10-11,23H,4-5,8-9,12H2,1H3. The fraction of sp³-hybridized carbons (Fsp3) is 0.412. The monoisotopic (exact) mass is 317 g/mol. The normalized spacial score (nSPS) is 16.5. The zero-order valence-corrected chi connectivity index (χ0v) is 13.1. The number of para-hydroxylation sites is 1. The van der Waals surface area contributed by atoms with Crippen LogP contribution in [0, 0.1) is 5.82 Å². The van der Waals surface area contributed by atoms with E-state index in [4.69, 9.17) is 0 Å². The molecule has 1 aromatic heterocycles. The van der Waals surface area contributed by atoms with Crippen LogP contribution in [-0.2, 0) is 0 Å². The molecule has 0 spiro atoms. The Kier molecular flexibility index (Phi) is 4.17. The SMILES string of the molecule is CN(CC1(O)CCCC1)C(=O)c1cnn(-c2ccccc2F)c1. The molecule has 1 N–H and O–H groups in total. The van der Waals surface area contributed by atoms with Crippen LogP contribution in [0.5, 0.6) is 0 Å². The lowest BCUT2D eigenvalue weighted by Crippen LogP contribution is -2.41. The molecule has 0 saturated heterocycles. The molecule has 122 valence electrons. The van der Waals surface area contributed by atoms with Gasteiger partial charge in [-0.15, -0.1) is 0 Å². The van der Waals surface area contributed by atoms with Crippen LogP contribution in [0.2, 0.25) is 0 Å². The number of rotatable bonds is 4. The molecule has 0 aliphatic heterocycles. The Hall–Kier alpha value is -2.21. The average molecular weight is 317 g/mol. The van der Waals surface area contributed by atoms with Crippen molar-refractivity contribution in [2.24, 2.45) is 0 Å². The van der Waals surface area contributed by atoms with Gasteiger partial charge in [-0.1, -0.05) is 25.0 Å². The molecule has 1 aliphatic carbocycles. The van der Waals surface area contributed by atoms with Crippen LogP contribution in [0.1, 0.15) is 36.0 Å². The van der Waals surface area contributed by atoms with Crippen molar-refractivity contribution in [1.29, 1.82) is 0 Å². The van der Waals surface area contributed by atoms with Gasteiger partial charge in [0.25, 0.3) is 5.91 Å². The quantitative estimate of drug-likeness (QED) is 0.942. The fourth-order valence-electron chi connectivity index (χ4n) is 3.13. The van der Waals surface area contributed by atoms with E-state index in [1.54, 1.807) is 25.2 Å². The van der Waals surface area contributed by atoms with E-state index in [1.165, 1.54) is 28.0 Å². The van der Waals surface area contributed by atoms with Crippen molar-refractivity contribution in [2.45, 2.75) is 31.3 Å². The number of likely N-dealkylation sites (N-methyl/N-ethyl adjacent to an activating group) is 1. The minimum absolute atomic E-state index is 0.229. The number of hydrogen-bond acceptors (Lipinski definition) is 3. The van der Waals surface area contributed by atoms with E-state index in [1.807, 2.05) is 0 Å². The third kappa shape index (κ3) is 3.27. The van der Waals surface area contributed by atoms with Gasteiger partial charge in [-0.25, -0.2) is 9.07 Å². The van der Waals surface area contributed by atoms with Crippen LogP contribution < -0.4 is 0 Å². The van der Waals surface area contributed by atoms with Crippen molar-refractivity contribution in [1.82, 2.24) is 14.7 Å². The Morgan fingerprint density at radius 2 is 2.09 bits per heavy atom. The zero-order chi connectivity index (χ0) is 16.4. The molecule has 0 bridgehead atoms. The minimum Gasteiger partial charge on any atom is -0.388 e. The third-order valence-electron chi connectivity index (χ3n) is 4.34. The van der Waals surface area contributed by atoms with E-state index in [0.29, 0.717) is 17.8 Å². The molecule has 0 radical (unpaired) electrons. The predicted octanol–water partition coefficient (Wildman–Crippen LogP) is 2.39. The number of aromatic nitrogens is 2. The highest BCUT2D eigenvalue weighted by Crippen LogP contribution is 2.30. The molecule has 0 atom stereocenters. The summed E-state index contributed by atoms with van der Waals surface area (Å²) in [6, 6.07) is 6.26. The molecule has 5 nitrogen and oxygen atoms in total. The number of nitrogens with zero attached hydrogens (tertiary/aromatic N) is 3. The molecule has 2 aromatic rings. The molecule has 0 unspecified atom stereocenters. The molecule has 1 fully saturated rings. The number of carbonyl (C=O) groups excluding carboxylic acids is 1. The predicted molar refractivity (Wildman–Crippen MR) is 83.9 cm³/mol. The first-order chi connectivity index (χ1) is 11.0. The summed E-state index contributed by atoms with van der Waals surface area (Å²) in [5.74, 6) is -0.629. The van der Waals surface area contributed by atoms with Gasteiger partial charge in [0.15, 0.2) is 0 Å². The van der Waals surface area contributed by atoms with Gasteiger partial charge in [-0.05, 0) is 25.0 Å². The summed E-state index contributed by atoms with van der Waals surface area (Å²) in [5.41, 5.74) is -0.118. The van der Waals surface area contributed by atoms with Crippen LogP contribution >= 0.6 is 0 Å². The number of carbonyl (C=O) groups is 1. The Morgan fingerprint density at radius 3 is 2.78 bits per heavy atom. The molecule has 1 aliphatic rings. The molecule has 1 heterocycles. The summed E-state index contributed by atoms with van der Waals surface area (Å²) in [5, 5.41) is 14.5. The summed E-state index contributed by atoms with van der Waals surface area (Å²) in [4.78, 5) is 14.0. The summed E-state index contributed by atoms with van der Waals surface area (Å²) in [6.45, 7) is 0.302. The van der Waals surface area contributed by atoms with Crippen LogP contribution in [0.4, 0.5) is 4.39 Å². The molecular formula is C17H20FN3O2. The summed E-state index contributed by atoms with van der Waals surface area (Å²) in [7, 11) is 1.67. The van der Waals surface area contributed by atoms with Crippen molar-refractivity contribution in [3.63, 3.8) is 0 Å². The van der Waals surface area contributed by atoms with Crippen molar-refractivity contribution >= 4 is 5.91 Å². The molecule has 1 aromatic carbocycles. The Balaban J connectivity index is 1.74. The van der Waals surface area contributed by atoms with Crippen LogP contribution in [0.25, 0.3) is 5.69 Å². The lowest BCUT2D eigenvalue weighted by Gasteiger charge is -2.28. The van der Waals surface area contributed by atoms with Gasteiger partial charge >= 0.3 is 0 Å². The van der Waals surface area contributed by atoms with Crippen molar-refractivity contribution in [3.05, 3.63) is 48.0 Å². The molecule has 23 heavy (non-hydrogen) atoms. The van der Waals surface area contributed by atoms with Crippen LogP contribution in [-0.4, -0.2) is 44.9 Å². The summed E-state index contributed by atoms with van der Waals surface area (Å²) < 4.78 is 15.1. The Morgan fingerprint density at radius 1 is 1.39 bits per heavy atom. The molecular weight excluding hydrogens is 297 g/mol. The maximum atomic E-state index is 13.8. The highest BCUT2D eigenvalue weighted by Gasteiger charge is 2.33. The third-order valence-corrected chi connectivity index (χ3v) is 4.34. The van der Waals surface area contributed by atoms with Crippen molar-refractivity contribution in [3.8, 4) is 5.69 Å². The van der Waals surface area contributed by atoms with E-state index >= 15 is 0 Å². The molecule has 1 amide bonds. The van der Waals surface area contributed by atoms with Gasteiger partial charge in [0.1, 0.15) is 11.5 Å². The Labute approximate surface area is 134 Å². The number of halogens is 1. The number of amides is 1. The zero-order valence-electron chi connectivity index (χ0n) is 13.1. The topological polar surface area (TPSA) is 58.4 Å². The number of hydrogen-bond donors (Lipinski definition) is 1. The van der Waals surface area contributed by atoms with Crippen molar-refractivity contribution in [2.75, 3.05) is 13.6 Å². The van der Waals surface area contributed by atoms with Gasteiger partial charge in [0.2, 0.25) is 0 Å². The number of aliphatic hydroxyl groups is 1. The fourth-order valence-corrected chi connectivity index (χ4v) is 3.13. The van der Waals surface area contributed by atoms with Crippen LogP contribution in [0.3, 0.4) is 0 Å². The van der Waals surface area contributed by atoms with Crippen molar-refractivity contribution < 1.29 is 14.3 Å². The molecule has 1 saturated carbocycles. The second-order valence-corrected chi connectivity index (χ2v) is 6.22. The number of benzene rings is 1. The van der Waals surface area contributed by atoms with Gasteiger partial charge in [-0.3, -0.25) is 4.79 Å². The van der Waals surface area contributed by atoms with Gasteiger partial charge in [0, 0.05) is 19.8 Å². The van der Waals surface area contributed by atoms with E-state index in [9.17, 15) is 14.3 Å². The second-order valence-electron chi connectivity index (χ2n) is 6.22. The van der Waals surface area contributed by atoms with Crippen LogP contribution in [0.15, 0.2) is 36.7 Å².